The second-order valence-corrected chi connectivity index (χ2v) is 3.85. The Hall–Kier alpha value is -2.23. The SMILES string of the molecule is CC(=O)c1ccc(OCc2ccncc2)c(F)c1. The van der Waals surface area contributed by atoms with Crippen LogP contribution >= 0.6 is 0 Å². The van der Waals surface area contributed by atoms with Gasteiger partial charge in [0.1, 0.15) is 6.61 Å². The average Bonchev–Trinajstić information content (AvgIpc) is 2.38. The molecule has 2 aromatic rings. The number of carbonyl (C=O) groups excluding carboxylic acids is 1. The van der Waals surface area contributed by atoms with Crippen molar-refractivity contribution in [1.82, 2.24) is 4.98 Å². The van der Waals surface area contributed by atoms with Crippen LogP contribution in [0.2, 0.25) is 0 Å². The van der Waals surface area contributed by atoms with Crippen molar-refractivity contribution in [2.75, 3.05) is 0 Å². The molecule has 0 amide bonds. The van der Waals surface area contributed by atoms with Gasteiger partial charge < -0.3 is 4.74 Å². The van der Waals surface area contributed by atoms with Crippen molar-refractivity contribution < 1.29 is 13.9 Å². The minimum atomic E-state index is -0.531. The van der Waals surface area contributed by atoms with E-state index < -0.39 is 5.82 Å². The van der Waals surface area contributed by atoms with E-state index in [0.29, 0.717) is 5.56 Å². The summed E-state index contributed by atoms with van der Waals surface area (Å²) in [5.41, 5.74) is 1.24. The van der Waals surface area contributed by atoms with Crippen LogP contribution in [-0.2, 0) is 6.61 Å². The molecule has 0 fully saturated rings. The number of aromatic nitrogens is 1. The summed E-state index contributed by atoms with van der Waals surface area (Å²) in [5.74, 6) is -0.567. The molecule has 0 radical (unpaired) electrons. The first-order valence-electron chi connectivity index (χ1n) is 5.49. The number of nitrogens with zero attached hydrogens (tertiary/aromatic N) is 1. The Bertz CT molecular complexity index is 555. The second kappa shape index (κ2) is 5.40. The van der Waals surface area contributed by atoms with Crippen molar-refractivity contribution in [1.29, 1.82) is 0 Å². The summed E-state index contributed by atoms with van der Waals surface area (Å²) in [5, 5.41) is 0. The summed E-state index contributed by atoms with van der Waals surface area (Å²) in [7, 11) is 0. The third-order valence-corrected chi connectivity index (χ3v) is 2.48. The van der Waals surface area contributed by atoms with Gasteiger partial charge in [0.2, 0.25) is 0 Å². The van der Waals surface area contributed by atoms with E-state index in [9.17, 15) is 9.18 Å². The number of carbonyl (C=O) groups is 1. The number of pyridine rings is 1. The third kappa shape index (κ3) is 2.91. The van der Waals surface area contributed by atoms with Crippen molar-refractivity contribution in [3.63, 3.8) is 0 Å². The van der Waals surface area contributed by atoms with Gasteiger partial charge in [0, 0.05) is 18.0 Å². The number of benzene rings is 1. The first-order valence-corrected chi connectivity index (χ1v) is 5.49. The van der Waals surface area contributed by atoms with Crippen LogP contribution in [0, 0.1) is 5.82 Å². The number of ether oxygens (including phenoxy) is 1. The van der Waals surface area contributed by atoms with Gasteiger partial charge in [-0.25, -0.2) is 4.39 Å². The zero-order chi connectivity index (χ0) is 13.0. The maximum atomic E-state index is 13.6. The summed E-state index contributed by atoms with van der Waals surface area (Å²) in [6.07, 6.45) is 3.29. The highest BCUT2D eigenvalue weighted by Gasteiger charge is 2.07. The molecule has 92 valence electrons. The molecule has 0 unspecified atom stereocenters. The Morgan fingerprint density at radius 3 is 2.61 bits per heavy atom. The molecule has 0 aliphatic heterocycles. The van der Waals surface area contributed by atoms with Crippen LogP contribution in [0.5, 0.6) is 5.75 Å². The van der Waals surface area contributed by atoms with Gasteiger partial charge in [-0.15, -0.1) is 0 Å². The lowest BCUT2D eigenvalue weighted by atomic mass is 10.1. The Kier molecular flexibility index (Phi) is 3.67. The maximum absolute atomic E-state index is 13.6. The molecule has 0 saturated carbocycles. The minimum absolute atomic E-state index is 0.136. The molecule has 1 aromatic carbocycles. The molecular formula is C14H12FNO2. The van der Waals surface area contributed by atoms with E-state index in [1.807, 2.05) is 0 Å². The zero-order valence-electron chi connectivity index (χ0n) is 9.89. The molecule has 0 aliphatic carbocycles. The number of halogens is 1. The Morgan fingerprint density at radius 2 is 2.00 bits per heavy atom. The van der Waals surface area contributed by atoms with E-state index in [0.717, 1.165) is 5.56 Å². The molecule has 3 nitrogen and oxygen atoms in total. The summed E-state index contributed by atoms with van der Waals surface area (Å²) in [4.78, 5) is 15.0. The number of hydrogen-bond donors (Lipinski definition) is 0. The normalized spacial score (nSPS) is 10.1. The highest BCUT2D eigenvalue weighted by atomic mass is 19.1. The molecular weight excluding hydrogens is 233 g/mol. The van der Waals surface area contributed by atoms with Crippen LogP contribution in [0.3, 0.4) is 0 Å². The maximum Gasteiger partial charge on any atom is 0.165 e. The molecule has 0 saturated heterocycles. The van der Waals surface area contributed by atoms with E-state index >= 15 is 0 Å². The predicted octanol–water partition coefficient (Wildman–Crippen LogP) is 3.00. The van der Waals surface area contributed by atoms with Gasteiger partial charge >= 0.3 is 0 Å². The molecule has 18 heavy (non-hydrogen) atoms. The zero-order valence-corrected chi connectivity index (χ0v) is 9.89. The molecule has 0 N–H and O–H groups in total. The number of Topliss-reactive ketones (excluding diaryl/α,β-unsaturated/α-hetero) is 1. The minimum Gasteiger partial charge on any atom is -0.486 e. The molecule has 0 aliphatic rings. The van der Waals surface area contributed by atoms with E-state index in [4.69, 9.17) is 4.74 Å². The standard InChI is InChI=1S/C14H12FNO2/c1-10(17)12-2-3-14(13(15)8-12)18-9-11-4-6-16-7-5-11/h2-8H,9H2,1H3. The lowest BCUT2D eigenvalue weighted by Gasteiger charge is -2.07. The van der Waals surface area contributed by atoms with Gasteiger partial charge in [-0.3, -0.25) is 9.78 Å². The van der Waals surface area contributed by atoms with Crippen molar-refractivity contribution in [2.24, 2.45) is 0 Å². The smallest absolute Gasteiger partial charge is 0.165 e. The Balaban J connectivity index is 2.08. The summed E-state index contributed by atoms with van der Waals surface area (Å²) in [6.45, 7) is 1.66. The van der Waals surface area contributed by atoms with Gasteiger partial charge in [0.25, 0.3) is 0 Å². The van der Waals surface area contributed by atoms with Crippen LogP contribution in [-0.4, -0.2) is 10.8 Å². The quantitative estimate of drug-likeness (QED) is 0.777. The van der Waals surface area contributed by atoms with Gasteiger partial charge in [-0.05, 0) is 42.8 Å². The first-order chi connectivity index (χ1) is 8.66. The van der Waals surface area contributed by atoms with Gasteiger partial charge in [-0.1, -0.05) is 0 Å². The monoisotopic (exact) mass is 245 g/mol. The van der Waals surface area contributed by atoms with Crippen LogP contribution in [0.25, 0.3) is 0 Å². The predicted molar refractivity (Wildman–Crippen MR) is 65.0 cm³/mol. The molecule has 0 atom stereocenters. The topological polar surface area (TPSA) is 39.2 Å². The highest BCUT2D eigenvalue weighted by molar-refractivity contribution is 5.94. The van der Waals surface area contributed by atoms with Crippen molar-refractivity contribution in [2.45, 2.75) is 13.5 Å². The molecule has 1 aromatic heterocycles. The van der Waals surface area contributed by atoms with Gasteiger partial charge in [0.05, 0.1) is 0 Å². The van der Waals surface area contributed by atoms with Gasteiger partial charge in [-0.2, -0.15) is 0 Å². The van der Waals surface area contributed by atoms with E-state index in [2.05, 4.69) is 4.98 Å². The number of hydrogen-bond acceptors (Lipinski definition) is 3. The lowest BCUT2D eigenvalue weighted by Crippen LogP contribution is -1.99. The van der Waals surface area contributed by atoms with Gasteiger partial charge in [0.15, 0.2) is 17.3 Å². The third-order valence-electron chi connectivity index (χ3n) is 2.48. The lowest BCUT2D eigenvalue weighted by molar-refractivity contribution is 0.101. The number of rotatable bonds is 4. The van der Waals surface area contributed by atoms with Crippen LogP contribution in [0.1, 0.15) is 22.8 Å². The van der Waals surface area contributed by atoms with Crippen molar-refractivity contribution in [3.8, 4) is 5.75 Å². The average molecular weight is 245 g/mol. The fourth-order valence-electron chi connectivity index (χ4n) is 1.48. The van der Waals surface area contributed by atoms with Crippen molar-refractivity contribution in [3.05, 3.63) is 59.7 Å². The Morgan fingerprint density at radius 1 is 1.28 bits per heavy atom. The molecule has 0 spiro atoms. The summed E-state index contributed by atoms with van der Waals surface area (Å²) >= 11 is 0. The van der Waals surface area contributed by atoms with Crippen LogP contribution in [0.4, 0.5) is 4.39 Å². The first kappa shape index (κ1) is 12.2. The largest absolute Gasteiger partial charge is 0.486 e. The van der Waals surface area contributed by atoms with Crippen LogP contribution < -0.4 is 4.74 Å². The Labute approximate surface area is 104 Å². The fourth-order valence-corrected chi connectivity index (χ4v) is 1.48. The number of ketones is 1. The molecule has 4 heteroatoms. The molecule has 0 bridgehead atoms. The summed E-state index contributed by atoms with van der Waals surface area (Å²) < 4.78 is 19.0. The van der Waals surface area contributed by atoms with E-state index in [1.54, 1.807) is 30.6 Å². The molecule has 2 rings (SSSR count). The second-order valence-electron chi connectivity index (χ2n) is 3.85. The molecule has 1 heterocycles. The van der Waals surface area contributed by atoms with Crippen molar-refractivity contribution >= 4 is 5.78 Å². The highest BCUT2D eigenvalue weighted by Crippen LogP contribution is 2.19. The van der Waals surface area contributed by atoms with E-state index in [1.165, 1.54) is 19.1 Å². The summed E-state index contributed by atoms with van der Waals surface area (Å²) in [6, 6.07) is 7.79. The van der Waals surface area contributed by atoms with Crippen LogP contribution in [0.15, 0.2) is 42.7 Å². The van der Waals surface area contributed by atoms with E-state index in [-0.39, 0.29) is 18.1 Å². The fraction of sp³-hybridized carbons (Fsp3) is 0.143.